The highest BCUT2D eigenvalue weighted by Crippen LogP contribution is 2.19. The maximum atomic E-state index is 11.8. The van der Waals surface area contributed by atoms with Gasteiger partial charge in [0.05, 0.1) is 17.2 Å². The van der Waals surface area contributed by atoms with Crippen molar-refractivity contribution < 1.29 is 9.53 Å². The van der Waals surface area contributed by atoms with Crippen LogP contribution < -0.4 is 5.43 Å². The van der Waals surface area contributed by atoms with Crippen LogP contribution in [0.25, 0.3) is 0 Å². The maximum Gasteiger partial charge on any atom is 0.281 e. The van der Waals surface area contributed by atoms with Crippen LogP contribution in [0.2, 0.25) is 0 Å². The Bertz CT molecular complexity index is 698. The Balaban J connectivity index is 1.65. The molecular weight excluding hydrogens is 310 g/mol. The number of carbonyl (C=O) groups excluding carboxylic acids is 1. The summed E-state index contributed by atoms with van der Waals surface area (Å²) in [6.07, 6.45) is 4.28. The monoisotopic (exact) mass is 331 g/mol. The van der Waals surface area contributed by atoms with Crippen LogP contribution in [0.15, 0.2) is 28.7 Å². The van der Waals surface area contributed by atoms with Crippen molar-refractivity contribution in [1.82, 2.24) is 9.99 Å². The first-order chi connectivity index (χ1) is 11.1. The second-order valence-electron chi connectivity index (χ2n) is 5.75. The first-order valence-corrected chi connectivity index (χ1v) is 8.68. The number of aryl methyl sites for hydroxylation is 1. The zero-order valence-corrected chi connectivity index (χ0v) is 14.2. The van der Waals surface area contributed by atoms with E-state index >= 15 is 0 Å². The van der Waals surface area contributed by atoms with Crippen molar-refractivity contribution in [3.63, 3.8) is 0 Å². The van der Waals surface area contributed by atoms with Crippen LogP contribution in [0.3, 0.4) is 0 Å². The predicted octanol–water partition coefficient (Wildman–Crippen LogP) is 3.11. The molecule has 1 fully saturated rings. The Hall–Kier alpha value is -1.92. The van der Waals surface area contributed by atoms with Gasteiger partial charge in [-0.2, -0.15) is 5.10 Å². The summed E-state index contributed by atoms with van der Waals surface area (Å²) in [5.74, 6) is -0.176. The van der Waals surface area contributed by atoms with Gasteiger partial charge in [-0.25, -0.2) is 5.43 Å². The number of hydrogen-bond acceptors (Lipinski definition) is 4. The minimum Gasteiger partial charge on any atom is -0.376 e. The lowest BCUT2D eigenvalue weighted by atomic mass is 10.2. The highest BCUT2D eigenvalue weighted by atomic mass is 32.1. The van der Waals surface area contributed by atoms with Crippen LogP contribution in [-0.2, 0) is 11.3 Å². The number of amides is 1. The van der Waals surface area contributed by atoms with E-state index in [1.807, 2.05) is 11.4 Å². The third-order valence-corrected chi connectivity index (χ3v) is 5.01. The molecule has 2 aromatic heterocycles. The summed E-state index contributed by atoms with van der Waals surface area (Å²) in [5.41, 5.74) is 5.92. The van der Waals surface area contributed by atoms with E-state index in [1.165, 1.54) is 17.0 Å². The molecule has 5 nitrogen and oxygen atoms in total. The van der Waals surface area contributed by atoms with Crippen molar-refractivity contribution in [2.75, 3.05) is 6.61 Å². The maximum absolute atomic E-state index is 11.8. The molecule has 1 N–H and O–H groups in total. The van der Waals surface area contributed by atoms with Crippen LogP contribution in [0.5, 0.6) is 0 Å². The van der Waals surface area contributed by atoms with Crippen molar-refractivity contribution >= 4 is 23.5 Å². The van der Waals surface area contributed by atoms with Crippen molar-refractivity contribution in [2.45, 2.75) is 39.3 Å². The minimum atomic E-state index is -0.176. The summed E-state index contributed by atoms with van der Waals surface area (Å²) in [6, 6.07) is 5.72. The zero-order valence-electron chi connectivity index (χ0n) is 13.4. The Morgan fingerprint density at radius 1 is 1.57 bits per heavy atom. The Kier molecular flexibility index (Phi) is 4.93. The van der Waals surface area contributed by atoms with E-state index in [1.54, 1.807) is 12.3 Å². The third-order valence-electron chi connectivity index (χ3n) is 4.14. The lowest BCUT2D eigenvalue weighted by Crippen LogP contribution is -2.17. The zero-order chi connectivity index (χ0) is 16.2. The van der Waals surface area contributed by atoms with Crippen LogP contribution >= 0.6 is 11.3 Å². The van der Waals surface area contributed by atoms with E-state index in [0.29, 0.717) is 11.0 Å². The highest BCUT2D eigenvalue weighted by Gasteiger charge is 2.18. The fourth-order valence-electron chi connectivity index (χ4n) is 2.85. The van der Waals surface area contributed by atoms with Gasteiger partial charge >= 0.3 is 0 Å². The number of carbonyl (C=O) groups is 1. The molecule has 1 aliphatic heterocycles. The average molecular weight is 331 g/mol. The summed E-state index contributed by atoms with van der Waals surface area (Å²) < 4.78 is 7.98. The molecule has 0 radical (unpaired) electrons. The number of aromatic nitrogens is 1. The van der Waals surface area contributed by atoms with Gasteiger partial charge in [0.2, 0.25) is 0 Å². The summed E-state index contributed by atoms with van der Waals surface area (Å²) in [4.78, 5) is 12.5. The Morgan fingerprint density at radius 2 is 2.43 bits per heavy atom. The van der Waals surface area contributed by atoms with Crippen molar-refractivity contribution in [1.29, 1.82) is 0 Å². The molecule has 6 heteroatoms. The van der Waals surface area contributed by atoms with Gasteiger partial charge in [0.1, 0.15) is 0 Å². The molecule has 3 heterocycles. The van der Waals surface area contributed by atoms with E-state index in [9.17, 15) is 4.79 Å². The van der Waals surface area contributed by atoms with E-state index in [-0.39, 0.29) is 5.91 Å². The topological polar surface area (TPSA) is 55.6 Å². The summed E-state index contributed by atoms with van der Waals surface area (Å²) in [5, 5.41) is 5.95. The summed E-state index contributed by atoms with van der Waals surface area (Å²) >= 11 is 1.40. The average Bonchev–Trinajstić information content (AvgIpc) is 3.26. The van der Waals surface area contributed by atoms with Gasteiger partial charge in [0.25, 0.3) is 5.91 Å². The summed E-state index contributed by atoms with van der Waals surface area (Å²) in [7, 11) is 0. The Morgan fingerprint density at radius 3 is 3.13 bits per heavy atom. The van der Waals surface area contributed by atoms with E-state index in [4.69, 9.17) is 4.74 Å². The molecule has 23 heavy (non-hydrogen) atoms. The number of thiophene rings is 1. The third kappa shape index (κ3) is 3.71. The molecule has 1 atom stereocenters. The van der Waals surface area contributed by atoms with Gasteiger partial charge < -0.3 is 9.30 Å². The molecule has 0 saturated carbocycles. The number of nitrogens with one attached hydrogen (secondary N) is 1. The number of nitrogens with zero attached hydrogens (tertiary/aromatic N) is 2. The minimum absolute atomic E-state index is 0.176. The van der Waals surface area contributed by atoms with Gasteiger partial charge in [0.15, 0.2) is 0 Å². The molecular formula is C17H21N3O2S. The fourth-order valence-corrected chi connectivity index (χ4v) is 3.47. The van der Waals surface area contributed by atoms with Gasteiger partial charge in [-0.1, -0.05) is 6.07 Å². The number of hydrazone groups is 1. The fraction of sp³-hybridized carbons (Fsp3) is 0.412. The van der Waals surface area contributed by atoms with E-state index < -0.39 is 0 Å². The first kappa shape index (κ1) is 16.0. The van der Waals surface area contributed by atoms with Gasteiger partial charge in [-0.05, 0) is 44.2 Å². The van der Waals surface area contributed by atoms with Crippen LogP contribution in [0, 0.1) is 13.8 Å². The van der Waals surface area contributed by atoms with Gasteiger partial charge in [-0.15, -0.1) is 11.3 Å². The SMILES string of the molecule is Cc1cc(/C=N\NC(=O)c2cccs2)c(C)n1C[C@H]1CCCO1. The molecule has 1 aliphatic rings. The molecule has 0 spiro atoms. The molecule has 2 aromatic rings. The number of ether oxygens (including phenoxy) is 1. The van der Waals surface area contributed by atoms with Gasteiger partial charge in [-0.3, -0.25) is 4.79 Å². The van der Waals surface area contributed by atoms with E-state index in [0.717, 1.165) is 37.3 Å². The number of hydrogen-bond donors (Lipinski definition) is 1. The molecule has 1 saturated heterocycles. The van der Waals surface area contributed by atoms with E-state index in [2.05, 4.69) is 35.0 Å². The molecule has 0 aliphatic carbocycles. The molecule has 0 bridgehead atoms. The van der Waals surface area contributed by atoms with Crippen LogP contribution in [0.4, 0.5) is 0 Å². The predicted molar refractivity (Wildman–Crippen MR) is 92.3 cm³/mol. The molecule has 122 valence electrons. The molecule has 0 aromatic carbocycles. The standard InChI is InChI=1S/C17H21N3O2S/c1-12-9-14(10-18-19-17(21)16-6-4-8-23-16)13(2)20(12)11-15-5-3-7-22-15/h4,6,8-10,15H,3,5,7,11H2,1-2H3,(H,19,21)/b18-10-/t15-/m1/s1. The number of rotatable bonds is 5. The molecule has 1 amide bonds. The quantitative estimate of drug-likeness (QED) is 0.676. The van der Waals surface area contributed by atoms with Crippen molar-refractivity contribution in [2.24, 2.45) is 5.10 Å². The van der Waals surface area contributed by atoms with Crippen LogP contribution in [-0.4, -0.2) is 29.4 Å². The molecule has 3 rings (SSSR count). The smallest absolute Gasteiger partial charge is 0.281 e. The van der Waals surface area contributed by atoms with Crippen LogP contribution in [0.1, 0.15) is 39.5 Å². The van der Waals surface area contributed by atoms with Crippen molar-refractivity contribution in [3.05, 3.63) is 45.4 Å². The summed E-state index contributed by atoms with van der Waals surface area (Å²) in [6.45, 7) is 5.91. The second kappa shape index (κ2) is 7.10. The van der Waals surface area contributed by atoms with Gasteiger partial charge in [0, 0.05) is 30.1 Å². The van der Waals surface area contributed by atoms with Crippen molar-refractivity contribution in [3.8, 4) is 0 Å². The lowest BCUT2D eigenvalue weighted by molar-refractivity contribution is 0.0957. The first-order valence-electron chi connectivity index (χ1n) is 7.80. The lowest BCUT2D eigenvalue weighted by Gasteiger charge is -2.14. The molecule has 0 unspecified atom stereocenters. The normalized spacial score (nSPS) is 17.9. The second-order valence-corrected chi connectivity index (χ2v) is 6.70. The largest absolute Gasteiger partial charge is 0.376 e. The highest BCUT2D eigenvalue weighted by molar-refractivity contribution is 7.12. The Labute approximate surface area is 140 Å².